The van der Waals surface area contributed by atoms with Crippen molar-refractivity contribution in [3.05, 3.63) is 11.6 Å². The minimum absolute atomic E-state index is 0.00971. The van der Waals surface area contributed by atoms with Crippen molar-refractivity contribution in [1.82, 2.24) is 0 Å². The van der Waals surface area contributed by atoms with E-state index in [0.29, 0.717) is 23.7 Å². The lowest BCUT2D eigenvalue weighted by Crippen LogP contribution is -2.65. The molecule has 0 heterocycles. The SMILES string of the molecule is CC(OC(=O)OC1CCCCC1)OC(=O)[C@]12CC[C@@H](C)[C@H](C)[C@H]1C1=CC[C@@H]3[C@@]4(C)CC[C@H](O)C(C)(C)C4CC[C@@]3(C)[C@]1(C)CC2. The molecule has 0 aromatic carbocycles. The molecule has 6 aliphatic carbocycles. The highest BCUT2D eigenvalue weighted by Crippen LogP contribution is 2.75. The Bertz CT molecular complexity index is 1190. The lowest BCUT2D eigenvalue weighted by molar-refractivity contribution is -0.212. The van der Waals surface area contributed by atoms with Gasteiger partial charge in [0.25, 0.3) is 0 Å². The minimum atomic E-state index is -0.978. The van der Waals surface area contributed by atoms with Crippen LogP contribution < -0.4 is 0 Å². The van der Waals surface area contributed by atoms with Gasteiger partial charge in [-0.25, -0.2) is 4.79 Å². The van der Waals surface area contributed by atoms with E-state index >= 15 is 0 Å². The first-order valence-electron chi connectivity index (χ1n) is 18.6. The van der Waals surface area contributed by atoms with Crippen molar-refractivity contribution in [3.63, 3.8) is 0 Å². The summed E-state index contributed by atoms with van der Waals surface area (Å²) in [4.78, 5) is 26.9. The molecule has 11 atom stereocenters. The molecule has 2 unspecified atom stereocenters. The molecule has 0 bridgehead atoms. The number of fused-ring (bicyclic) bond motifs is 7. The zero-order chi connectivity index (χ0) is 32.6. The van der Waals surface area contributed by atoms with Crippen molar-refractivity contribution in [2.45, 2.75) is 164 Å². The Hall–Kier alpha value is -1.56. The molecule has 0 aliphatic heterocycles. The summed E-state index contributed by atoms with van der Waals surface area (Å²) in [5, 5.41) is 11.0. The van der Waals surface area contributed by atoms with Crippen molar-refractivity contribution in [3.8, 4) is 0 Å². The fraction of sp³-hybridized carbons (Fsp3) is 0.897. The van der Waals surface area contributed by atoms with Crippen molar-refractivity contribution in [2.24, 2.45) is 56.7 Å². The van der Waals surface area contributed by atoms with Crippen molar-refractivity contribution in [2.75, 3.05) is 0 Å². The minimum Gasteiger partial charge on any atom is -0.431 e. The first-order valence-corrected chi connectivity index (χ1v) is 18.6. The molecule has 0 aromatic rings. The molecule has 6 aliphatic rings. The summed E-state index contributed by atoms with van der Waals surface area (Å²) in [7, 11) is 0. The Morgan fingerprint density at radius 2 is 1.56 bits per heavy atom. The maximum absolute atomic E-state index is 14.4. The van der Waals surface area contributed by atoms with Gasteiger partial charge in [-0.2, -0.15) is 0 Å². The van der Waals surface area contributed by atoms with E-state index in [1.807, 2.05) is 0 Å². The van der Waals surface area contributed by atoms with Gasteiger partial charge in [0, 0.05) is 6.92 Å². The maximum Gasteiger partial charge on any atom is 0.511 e. The molecule has 5 saturated carbocycles. The van der Waals surface area contributed by atoms with Crippen LogP contribution in [0, 0.1) is 56.7 Å². The average Bonchev–Trinajstić information content (AvgIpc) is 2.97. The molecule has 0 aromatic heterocycles. The summed E-state index contributed by atoms with van der Waals surface area (Å²) in [5.74, 6) is 1.89. The predicted octanol–water partition coefficient (Wildman–Crippen LogP) is 9.38. The molecule has 6 rings (SSSR count). The highest BCUT2D eigenvalue weighted by Gasteiger charge is 2.69. The average molecular weight is 627 g/mol. The summed E-state index contributed by atoms with van der Waals surface area (Å²) in [6.07, 6.45) is 14.6. The fourth-order valence-electron chi connectivity index (χ4n) is 12.6. The van der Waals surface area contributed by atoms with Gasteiger partial charge in [0.05, 0.1) is 11.5 Å². The van der Waals surface area contributed by atoms with Crippen LogP contribution in [0.25, 0.3) is 0 Å². The summed E-state index contributed by atoms with van der Waals surface area (Å²) >= 11 is 0. The zero-order valence-corrected chi connectivity index (χ0v) is 29.6. The second kappa shape index (κ2) is 11.5. The van der Waals surface area contributed by atoms with Crippen LogP contribution >= 0.6 is 0 Å². The topological polar surface area (TPSA) is 82.1 Å². The standard InChI is InChI=1S/C39H62O6/c1-24-16-21-39(33(41)43-26(3)44-34(42)45-27-12-10-9-11-13-27)23-22-37(7)28(32(39)25(24)2)14-15-30-36(6)19-18-31(40)35(4,5)29(36)17-20-38(30,37)8/h14,24-27,29-32,40H,9-13,15-23H2,1-8H3/t24-,25+,26?,29?,30-,31+,32+,36+,37-,38-,39+/m1/s1. The summed E-state index contributed by atoms with van der Waals surface area (Å²) in [5.41, 5.74) is 1.18. The third kappa shape index (κ3) is 5.03. The van der Waals surface area contributed by atoms with Gasteiger partial charge in [-0.1, -0.05) is 66.5 Å². The van der Waals surface area contributed by atoms with Crippen LogP contribution in [-0.2, 0) is 19.0 Å². The van der Waals surface area contributed by atoms with Crippen molar-refractivity contribution in [1.29, 1.82) is 0 Å². The summed E-state index contributed by atoms with van der Waals surface area (Å²) in [6, 6.07) is 0. The largest absolute Gasteiger partial charge is 0.511 e. The van der Waals surface area contributed by atoms with Crippen molar-refractivity contribution >= 4 is 12.1 Å². The number of esters is 1. The van der Waals surface area contributed by atoms with Crippen LogP contribution in [0.2, 0.25) is 0 Å². The molecule has 0 radical (unpaired) electrons. The van der Waals surface area contributed by atoms with Gasteiger partial charge in [0.1, 0.15) is 6.10 Å². The van der Waals surface area contributed by atoms with Crippen LogP contribution in [0.3, 0.4) is 0 Å². The molecule has 45 heavy (non-hydrogen) atoms. The Balaban J connectivity index is 1.27. The van der Waals surface area contributed by atoms with Gasteiger partial charge in [0.2, 0.25) is 6.29 Å². The molecule has 254 valence electrons. The third-order valence-corrected chi connectivity index (χ3v) is 15.7. The number of aliphatic hydroxyl groups is 1. The number of rotatable bonds is 4. The van der Waals surface area contributed by atoms with E-state index < -0.39 is 17.9 Å². The summed E-state index contributed by atoms with van der Waals surface area (Å²) in [6.45, 7) is 18.6. The van der Waals surface area contributed by atoms with E-state index in [2.05, 4.69) is 54.5 Å². The number of carbonyl (C=O) groups is 2. The van der Waals surface area contributed by atoms with Crippen LogP contribution in [-0.4, -0.2) is 35.7 Å². The maximum atomic E-state index is 14.4. The second-order valence-electron chi connectivity index (χ2n) is 17.9. The van der Waals surface area contributed by atoms with Crippen molar-refractivity contribution < 1.29 is 28.9 Å². The highest BCUT2D eigenvalue weighted by atomic mass is 16.8. The Morgan fingerprint density at radius 3 is 2.27 bits per heavy atom. The van der Waals surface area contributed by atoms with E-state index in [1.54, 1.807) is 6.92 Å². The predicted molar refractivity (Wildman–Crippen MR) is 175 cm³/mol. The smallest absolute Gasteiger partial charge is 0.431 e. The van der Waals surface area contributed by atoms with E-state index in [9.17, 15) is 14.7 Å². The number of hydrogen-bond donors (Lipinski definition) is 1. The van der Waals surface area contributed by atoms with Crippen LogP contribution in [0.4, 0.5) is 4.79 Å². The Kier molecular flexibility index (Phi) is 8.56. The van der Waals surface area contributed by atoms with Gasteiger partial charge in [-0.15, -0.1) is 0 Å². The van der Waals surface area contributed by atoms with Crippen LogP contribution in [0.15, 0.2) is 11.6 Å². The van der Waals surface area contributed by atoms with E-state index in [0.717, 1.165) is 77.0 Å². The third-order valence-electron chi connectivity index (χ3n) is 15.7. The van der Waals surface area contributed by atoms with Gasteiger partial charge in [-0.3, -0.25) is 4.79 Å². The number of aliphatic hydroxyl groups excluding tert-OH is 1. The first-order chi connectivity index (χ1) is 21.1. The molecule has 0 amide bonds. The normalized spacial score (nSPS) is 46.6. The zero-order valence-electron chi connectivity index (χ0n) is 29.6. The number of allylic oxidation sites excluding steroid dienone is 2. The first kappa shape index (κ1) is 33.3. The van der Waals surface area contributed by atoms with Crippen LogP contribution in [0.5, 0.6) is 0 Å². The van der Waals surface area contributed by atoms with E-state index in [1.165, 1.54) is 18.4 Å². The monoisotopic (exact) mass is 626 g/mol. The van der Waals surface area contributed by atoms with Gasteiger partial charge < -0.3 is 19.3 Å². The summed E-state index contributed by atoms with van der Waals surface area (Å²) < 4.78 is 17.1. The molecule has 6 heteroatoms. The molecule has 0 saturated heterocycles. The van der Waals surface area contributed by atoms with Gasteiger partial charge in [0.15, 0.2) is 0 Å². The molecule has 1 N–H and O–H groups in total. The van der Waals surface area contributed by atoms with E-state index in [-0.39, 0.29) is 45.8 Å². The highest BCUT2D eigenvalue weighted by molar-refractivity contribution is 5.79. The number of hydrogen-bond acceptors (Lipinski definition) is 6. The Morgan fingerprint density at radius 1 is 0.844 bits per heavy atom. The number of carbonyl (C=O) groups excluding carboxylic acids is 2. The molecular formula is C39H62O6. The van der Waals surface area contributed by atoms with Gasteiger partial charge >= 0.3 is 12.1 Å². The molecule has 5 fully saturated rings. The lowest BCUT2D eigenvalue weighted by Gasteiger charge is -2.71. The van der Waals surface area contributed by atoms with Gasteiger partial charge in [-0.05, 0) is 135 Å². The molecular weight excluding hydrogens is 564 g/mol. The van der Waals surface area contributed by atoms with Crippen LogP contribution in [0.1, 0.15) is 145 Å². The van der Waals surface area contributed by atoms with E-state index in [4.69, 9.17) is 14.2 Å². The number of ether oxygens (including phenoxy) is 3. The Labute approximate surface area is 272 Å². The quantitative estimate of drug-likeness (QED) is 0.190. The fourth-order valence-corrected chi connectivity index (χ4v) is 12.6. The second-order valence-corrected chi connectivity index (χ2v) is 17.9. The molecule has 6 nitrogen and oxygen atoms in total. The molecule has 0 spiro atoms. The lowest BCUT2D eigenvalue weighted by atomic mass is 9.33.